The second-order valence-electron chi connectivity index (χ2n) is 7.67. The van der Waals surface area contributed by atoms with Gasteiger partial charge in [-0.1, -0.05) is 6.07 Å². The molecular weight excluding hydrogens is 373 g/mol. The van der Waals surface area contributed by atoms with Gasteiger partial charge in [-0.15, -0.1) is 0 Å². The molecule has 7 heteroatoms. The van der Waals surface area contributed by atoms with Gasteiger partial charge in [0.1, 0.15) is 18.4 Å². The molecule has 29 heavy (non-hydrogen) atoms. The van der Waals surface area contributed by atoms with E-state index in [1.807, 2.05) is 32.0 Å². The molecule has 2 aromatic carbocycles. The summed E-state index contributed by atoms with van der Waals surface area (Å²) in [6, 6.07) is 8.79. The molecule has 2 aromatic rings. The molecule has 6 nitrogen and oxygen atoms in total. The van der Waals surface area contributed by atoms with Crippen LogP contribution < -0.4 is 10.2 Å². The van der Waals surface area contributed by atoms with E-state index in [0.29, 0.717) is 18.7 Å². The van der Waals surface area contributed by atoms with Gasteiger partial charge in [0, 0.05) is 12.2 Å². The zero-order valence-electron chi connectivity index (χ0n) is 16.4. The fraction of sp³-hybridized carbons (Fsp3) is 0.318. The largest absolute Gasteiger partial charge is 0.327 e. The number of hydrogen-bond acceptors (Lipinski definition) is 3. The maximum Gasteiger partial charge on any atom is 0.256 e. The number of rotatable bonds is 3. The molecule has 1 N–H and O–H groups in total. The second-order valence-corrected chi connectivity index (χ2v) is 7.67. The van der Waals surface area contributed by atoms with Crippen molar-refractivity contribution in [3.63, 3.8) is 0 Å². The average molecular weight is 395 g/mol. The van der Waals surface area contributed by atoms with Crippen LogP contribution in [0.3, 0.4) is 0 Å². The number of aryl methyl sites for hydroxylation is 2. The smallest absolute Gasteiger partial charge is 0.256 e. The van der Waals surface area contributed by atoms with Gasteiger partial charge in [-0.25, -0.2) is 4.39 Å². The normalized spacial score (nSPS) is 18.4. The van der Waals surface area contributed by atoms with Gasteiger partial charge in [-0.2, -0.15) is 0 Å². The van der Waals surface area contributed by atoms with E-state index in [2.05, 4.69) is 5.32 Å². The summed E-state index contributed by atoms with van der Waals surface area (Å²) in [5, 5.41) is 2.80. The van der Waals surface area contributed by atoms with Crippen LogP contribution in [0.5, 0.6) is 0 Å². The topological polar surface area (TPSA) is 69.7 Å². The fourth-order valence-corrected chi connectivity index (χ4v) is 4.18. The monoisotopic (exact) mass is 395 g/mol. The van der Waals surface area contributed by atoms with Gasteiger partial charge in [0.15, 0.2) is 0 Å². The molecule has 0 bridgehead atoms. The summed E-state index contributed by atoms with van der Waals surface area (Å²) in [5.41, 5.74) is 3.03. The third-order valence-corrected chi connectivity index (χ3v) is 5.35. The standard InChI is InChI=1S/C22H22FN3O3/c1-13-8-14(2)10-16(9-13)24-20(27)12-26-19-11-15(23)5-6-17(19)21(28)25-7-3-4-18(25)22(26)29/h5-6,8-11,18H,3-4,7,12H2,1-2H3,(H,24,27). The van der Waals surface area contributed by atoms with Crippen molar-refractivity contribution in [1.82, 2.24) is 4.90 Å². The highest BCUT2D eigenvalue weighted by Gasteiger charge is 2.42. The van der Waals surface area contributed by atoms with E-state index >= 15 is 0 Å². The van der Waals surface area contributed by atoms with Gasteiger partial charge in [-0.05, 0) is 68.1 Å². The summed E-state index contributed by atoms with van der Waals surface area (Å²) in [4.78, 5) is 41.6. The number of benzene rings is 2. The Morgan fingerprint density at radius 1 is 1.14 bits per heavy atom. The lowest BCUT2D eigenvalue weighted by atomic mass is 10.1. The molecule has 1 unspecified atom stereocenters. The summed E-state index contributed by atoms with van der Waals surface area (Å²) < 4.78 is 14.0. The first-order valence-electron chi connectivity index (χ1n) is 9.63. The molecule has 0 aromatic heterocycles. The van der Waals surface area contributed by atoms with Crippen LogP contribution in [-0.4, -0.2) is 41.8 Å². The summed E-state index contributed by atoms with van der Waals surface area (Å²) in [6.07, 6.45) is 1.26. The number of carbonyl (C=O) groups is 3. The molecule has 1 fully saturated rings. The van der Waals surface area contributed by atoms with E-state index in [4.69, 9.17) is 0 Å². The zero-order chi connectivity index (χ0) is 20.7. The summed E-state index contributed by atoms with van der Waals surface area (Å²) >= 11 is 0. The molecule has 2 aliphatic rings. The Balaban J connectivity index is 1.66. The van der Waals surface area contributed by atoms with Crippen molar-refractivity contribution in [2.75, 3.05) is 23.3 Å². The number of halogens is 1. The van der Waals surface area contributed by atoms with E-state index < -0.39 is 17.8 Å². The molecule has 0 aliphatic carbocycles. The molecule has 0 saturated carbocycles. The van der Waals surface area contributed by atoms with Crippen molar-refractivity contribution < 1.29 is 18.8 Å². The van der Waals surface area contributed by atoms with Crippen LogP contribution in [0.4, 0.5) is 15.8 Å². The molecule has 0 radical (unpaired) electrons. The molecule has 150 valence electrons. The summed E-state index contributed by atoms with van der Waals surface area (Å²) in [6.45, 7) is 4.05. The van der Waals surface area contributed by atoms with E-state index in [1.165, 1.54) is 21.9 Å². The lowest BCUT2D eigenvalue weighted by molar-refractivity contribution is -0.124. The molecule has 0 spiro atoms. The van der Waals surface area contributed by atoms with Gasteiger partial charge in [0.2, 0.25) is 11.8 Å². The predicted octanol–water partition coefficient (Wildman–Crippen LogP) is 3.03. The molecule has 4 rings (SSSR count). The Labute approximate surface area is 168 Å². The fourth-order valence-electron chi connectivity index (χ4n) is 4.18. The Kier molecular flexibility index (Phi) is 4.82. The average Bonchev–Trinajstić information content (AvgIpc) is 3.11. The van der Waals surface area contributed by atoms with Crippen molar-refractivity contribution in [3.8, 4) is 0 Å². The van der Waals surface area contributed by atoms with Crippen LogP contribution in [0, 0.1) is 19.7 Å². The molecule has 1 atom stereocenters. The maximum atomic E-state index is 14.0. The van der Waals surface area contributed by atoms with Gasteiger partial charge < -0.3 is 15.1 Å². The Morgan fingerprint density at radius 3 is 2.59 bits per heavy atom. The molecule has 2 aliphatic heterocycles. The third kappa shape index (κ3) is 3.60. The minimum atomic E-state index is -0.619. The van der Waals surface area contributed by atoms with Crippen molar-refractivity contribution in [1.29, 1.82) is 0 Å². The van der Waals surface area contributed by atoms with Gasteiger partial charge in [0.25, 0.3) is 5.91 Å². The second kappa shape index (κ2) is 7.31. The highest BCUT2D eigenvalue weighted by atomic mass is 19.1. The quantitative estimate of drug-likeness (QED) is 0.869. The maximum absolute atomic E-state index is 14.0. The van der Waals surface area contributed by atoms with Crippen molar-refractivity contribution in [2.45, 2.75) is 32.7 Å². The van der Waals surface area contributed by atoms with E-state index in [1.54, 1.807) is 0 Å². The summed E-state index contributed by atoms with van der Waals surface area (Å²) in [7, 11) is 0. The van der Waals surface area contributed by atoms with E-state index in [9.17, 15) is 18.8 Å². The van der Waals surface area contributed by atoms with Crippen LogP contribution in [-0.2, 0) is 9.59 Å². The van der Waals surface area contributed by atoms with Crippen LogP contribution in [0.1, 0.15) is 34.3 Å². The number of carbonyl (C=O) groups excluding carboxylic acids is 3. The third-order valence-electron chi connectivity index (χ3n) is 5.35. The lowest BCUT2D eigenvalue weighted by Crippen LogP contribution is -2.47. The number of nitrogens with one attached hydrogen (secondary N) is 1. The van der Waals surface area contributed by atoms with Crippen molar-refractivity contribution >= 4 is 29.1 Å². The number of fused-ring (bicyclic) bond motifs is 2. The van der Waals surface area contributed by atoms with E-state index in [-0.39, 0.29) is 29.6 Å². The van der Waals surface area contributed by atoms with Gasteiger partial charge >= 0.3 is 0 Å². The van der Waals surface area contributed by atoms with Crippen LogP contribution in [0.25, 0.3) is 0 Å². The number of anilines is 2. The van der Waals surface area contributed by atoms with Gasteiger partial charge in [-0.3, -0.25) is 14.4 Å². The van der Waals surface area contributed by atoms with Crippen molar-refractivity contribution in [2.24, 2.45) is 0 Å². The molecule has 1 saturated heterocycles. The molecular formula is C22H22FN3O3. The minimum Gasteiger partial charge on any atom is -0.327 e. The first-order valence-corrected chi connectivity index (χ1v) is 9.63. The van der Waals surface area contributed by atoms with Crippen molar-refractivity contribution in [3.05, 3.63) is 58.9 Å². The van der Waals surface area contributed by atoms with Crippen LogP contribution in [0.15, 0.2) is 36.4 Å². The number of hydrogen-bond donors (Lipinski definition) is 1. The number of nitrogens with zero attached hydrogens (tertiary/aromatic N) is 2. The lowest BCUT2D eigenvalue weighted by Gasteiger charge is -2.25. The van der Waals surface area contributed by atoms with Crippen LogP contribution in [0.2, 0.25) is 0 Å². The summed E-state index contributed by atoms with van der Waals surface area (Å²) in [5.74, 6) is -1.62. The highest BCUT2D eigenvalue weighted by molar-refractivity contribution is 6.13. The zero-order valence-corrected chi connectivity index (χ0v) is 16.4. The molecule has 3 amide bonds. The Hall–Kier alpha value is -3.22. The first kappa shape index (κ1) is 19.1. The Bertz CT molecular complexity index is 1000. The Morgan fingerprint density at radius 2 is 1.86 bits per heavy atom. The molecule has 2 heterocycles. The number of amides is 3. The predicted molar refractivity (Wildman–Crippen MR) is 107 cm³/mol. The SMILES string of the molecule is Cc1cc(C)cc(NC(=O)CN2C(=O)C3CCCN3C(=O)c3ccc(F)cc32)c1. The highest BCUT2D eigenvalue weighted by Crippen LogP contribution is 2.33. The first-order chi connectivity index (χ1) is 13.8. The van der Waals surface area contributed by atoms with E-state index in [0.717, 1.165) is 23.6 Å². The van der Waals surface area contributed by atoms with Crippen LogP contribution >= 0.6 is 0 Å². The van der Waals surface area contributed by atoms with Gasteiger partial charge in [0.05, 0.1) is 11.3 Å². The minimum absolute atomic E-state index is 0.143.